The lowest BCUT2D eigenvalue weighted by atomic mass is 10.1. The van der Waals surface area contributed by atoms with Gasteiger partial charge < -0.3 is 0 Å². The van der Waals surface area contributed by atoms with Crippen LogP contribution in [-0.4, -0.2) is 9.97 Å². The SMILES string of the molecule is Cc1nc2c(s1)-c1ccccc1-c1sc(C)nc1C2. The minimum Gasteiger partial charge on any atom is -0.245 e. The molecule has 1 aliphatic rings. The summed E-state index contributed by atoms with van der Waals surface area (Å²) in [7, 11) is 0. The van der Waals surface area contributed by atoms with E-state index in [0.29, 0.717) is 0 Å². The predicted octanol–water partition coefficient (Wildman–Crippen LogP) is 4.45. The molecule has 0 aliphatic heterocycles. The van der Waals surface area contributed by atoms with E-state index in [-0.39, 0.29) is 0 Å². The Morgan fingerprint density at radius 2 is 1.32 bits per heavy atom. The van der Waals surface area contributed by atoms with Crippen LogP contribution in [0.3, 0.4) is 0 Å². The van der Waals surface area contributed by atoms with E-state index in [4.69, 9.17) is 9.97 Å². The number of aromatic nitrogens is 2. The highest BCUT2D eigenvalue weighted by atomic mass is 32.1. The Balaban J connectivity index is 2.10. The molecule has 0 bridgehead atoms. The Labute approximate surface area is 119 Å². The second-order valence-corrected chi connectivity index (χ2v) is 7.15. The quantitative estimate of drug-likeness (QED) is 0.476. The van der Waals surface area contributed by atoms with E-state index >= 15 is 0 Å². The molecule has 0 saturated carbocycles. The molecule has 0 N–H and O–H groups in total. The molecule has 1 aliphatic carbocycles. The Morgan fingerprint density at radius 3 is 1.79 bits per heavy atom. The minimum atomic E-state index is 0.855. The van der Waals surface area contributed by atoms with E-state index in [0.717, 1.165) is 16.4 Å². The van der Waals surface area contributed by atoms with Gasteiger partial charge in [-0.25, -0.2) is 9.97 Å². The van der Waals surface area contributed by atoms with Crippen molar-refractivity contribution in [1.82, 2.24) is 9.97 Å². The molecule has 0 radical (unpaired) electrons. The molecule has 2 heterocycles. The zero-order valence-electron chi connectivity index (χ0n) is 10.7. The van der Waals surface area contributed by atoms with Gasteiger partial charge in [-0.2, -0.15) is 0 Å². The summed E-state index contributed by atoms with van der Waals surface area (Å²) in [6, 6.07) is 8.62. The summed E-state index contributed by atoms with van der Waals surface area (Å²) in [5, 5.41) is 2.27. The molecule has 3 aromatic rings. The van der Waals surface area contributed by atoms with Gasteiger partial charge in [0.2, 0.25) is 0 Å². The molecule has 0 amide bonds. The van der Waals surface area contributed by atoms with Crippen LogP contribution in [-0.2, 0) is 6.42 Å². The number of benzene rings is 1. The fourth-order valence-electron chi connectivity index (χ4n) is 2.64. The van der Waals surface area contributed by atoms with Crippen molar-refractivity contribution in [2.24, 2.45) is 0 Å². The maximum Gasteiger partial charge on any atom is 0.0904 e. The van der Waals surface area contributed by atoms with Crippen molar-refractivity contribution < 1.29 is 0 Å². The molecule has 0 atom stereocenters. The first kappa shape index (κ1) is 11.3. The van der Waals surface area contributed by atoms with E-state index < -0.39 is 0 Å². The van der Waals surface area contributed by atoms with Crippen LogP contribution in [0.4, 0.5) is 0 Å². The first-order valence-electron chi connectivity index (χ1n) is 6.25. The number of thiazole rings is 2. The zero-order chi connectivity index (χ0) is 13.0. The molecule has 0 fully saturated rings. The molecule has 0 unspecified atom stereocenters. The number of hydrogen-bond acceptors (Lipinski definition) is 4. The fraction of sp³-hybridized carbons (Fsp3) is 0.200. The van der Waals surface area contributed by atoms with Gasteiger partial charge in [0, 0.05) is 17.5 Å². The smallest absolute Gasteiger partial charge is 0.0904 e. The minimum absolute atomic E-state index is 0.855. The van der Waals surface area contributed by atoms with Gasteiger partial charge in [0.05, 0.1) is 31.2 Å². The largest absolute Gasteiger partial charge is 0.245 e. The van der Waals surface area contributed by atoms with Crippen molar-refractivity contribution in [3.8, 4) is 20.9 Å². The van der Waals surface area contributed by atoms with Crippen molar-refractivity contribution in [3.05, 3.63) is 45.7 Å². The first-order valence-corrected chi connectivity index (χ1v) is 7.88. The maximum atomic E-state index is 4.70. The van der Waals surface area contributed by atoms with Crippen LogP contribution in [0.2, 0.25) is 0 Å². The topological polar surface area (TPSA) is 25.8 Å². The lowest BCUT2D eigenvalue weighted by Gasteiger charge is -2.04. The highest BCUT2D eigenvalue weighted by Crippen LogP contribution is 2.44. The summed E-state index contributed by atoms with van der Waals surface area (Å²) in [6.07, 6.45) is 0.855. The zero-order valence-corrected chi connectivity index (χ0v) is 12.4. The molecule has 19 heavy (non-hydrogen) atoms. The average molecular weight is 284 g/mol. The monoisotopic (exact) mass is 284 g/mol. The summed E-state index contributed by atoms with van der Waals surface area (Å²) in [6.45, 7) is 4.16. The predicted molar refractivity (Wildman–Crippen MR) is 80.9 cm³/mol. The highest BCUT2D eigenvalue weighted by Gasteiger charge is 2.24. The standard InChI is InChI=1S/C15H12N2S2/c1-8-16-12-7-13-15(19-9(2)17-13)11-6-4-3-5-10(11)14(12)18-8/h3-6H,7H2,1-2H3. The van der Waals surface area contributed by atoms with Gasteiger partial charge in [-0.1, -0.05) is 24.3 Å². The summed E-state index contributed by atoms with van der Waals surface area (Å²) in [4.78, 5) is 12.0. The van der Waals surface area contributed by atoms with Crippen LogP contribution in [0.5, 0.6) is 0 Å². The van der Waals surface area contributed by atoms with E-state index in [2.05, 4.69) is 38.1 Å². The van der Waals surface area contributed by atoms with Crippen LogP contribution < -0.4 is 0 Å². The van der Waals surface area contributed by atoms with E-state index in [1.54, 1.807) is 22.7 Å². The summed E-state index contributed by atoms with van der Waals surface area (Å²) in [5.74, 6) is 0. The molecule has 0 saturated heterocycles. The third kappa shape index (κ3) is 1.67. The van der Waals surface area contributed by atoms with Crippen molar-refractivity contribution >= 4 is 22.7 Å². The molecule has 94 valence electrons. The third-order valence-electron chi connectivity index (χ3n) is 3.36. The van der Waals surface area contributed by atoms with Crippen LogP contribution in [0, 0.1) is 13.8 Å². The second-order valence-electron chi connectivity index (χ2n) is 4.74. The van der Waals surface area contributed by atoms with Crippen molar-refractivity contribution in [1.29, 1.82) is 0 Å². The molecule has 2 aromatic heterocycles. The van der Waals surface area contributed by atoms with Gasteiger partial charge in [0.15, 0.2) is 0 Å². The summed E-state index contributed by atoms with van der Waals surface area (Å²) in [5.41, 5.74) is 4.98. The molecule has 0 spiro atoms. The highest BCUT2D eigenvalue weighted by molar-refractivity contribution is 7.16. The first-order chi connectivity index (χ1) is 9.22. The van der Waals surface area contributed by atoms with Crippen molar-refractivity contribution in [2.45, 2.75) is 20.3 Å². The molecule has 4 heteroatoms. The van der Waals surface area contributed by atoms with Gasteiger partial charge in [0.1, 0.15) is 0 Å². The van der Waals surface area contributed by atoms with Crippen LogP contribution in [0.1, 0.15) is 21.4 Å². The molecule has 1 aromatic carbocycles. The third-order valence-corrected chi connectivity index (χ3v) is 5.45. The van der Waals surface area contributed by atoms with Gasteiger partial charge in [-0.05, 0) is 13.8 Å². The number of rotatable bonds is 0. The normalized spacial score (nSPS) is 12.5. The molecular formula is C15H12N2S2. The van der Waals surface area contributed by atoms with Gasteiger partial charge >= 0.3 is 0 Å². The second kappa shape index (κ2) is 3.99. The Kier molecular flexibility index (Phi) is 2.37. The Bertz CT molecular complexity index is 718. The maximum absolute atomic E-state index is 4.70. The van der Waals surface area contributed by atoms with E-state index in [1.165, 1.54) is 32.3 Å². The summed E-state index contributed by atoms with van der Waals surface area (Å²) < 4.78 is 0. The number of aryl methyl sites for hydroxylation is 2. The van der Waals surface area contributed by atoms with Gasteiger partial charge in [0.25, 0.3) is 0 Å². The molecular weight excluding hydrogens is 272 g/mol. The number of nitrogens with zero attached hydrogens (tertiary/aromatic N) is 2. The molecule has 4 rings (SSSR count). The van der Waals surface area contributed by atoms with E-state index in [1.807, 2.05) is 0 Å². The van der Waals surface area contributed by atoms with Crippen molar-refractivity contribution in [2.75, 3.05) is 0 Å². The number of hydrogen-bond donors (Lipinski definition) is 0. The lowest BCUT2D eigenvalue weighted by molar-refractivity contribution is 1.03. The number of fused-ring (bicyclic) bond motifs is 5. The Hall–Kier alpha value is -1.52. The molecule has 2 nitrogen and oxygen atoms in total. The van der Waals surface area contributed by atoms with Gasteiger partial charge in [-0.3, -0.25) is 0 Å². The van der Waals surface area contributed by atoms with Crippen LogP contribution in [0.25, 0.3) is 20.9 Å². The van der Waals surface area contributed by atoms with Crippen molar-refractivity contribution in [3.63, 3.8) is 0 Å². The lowest BCUT2D eigenvalue weighted by Crippen LogP contribution is -1.90. The van der Waals surface area contributed by atoms with E-state index in [9.17, 15) is 0 Å². The van der Waals surface area contributed by atoms with Crippen LogP contribution >= 0.6 is 22.7 Å². The van der Waals surface area contributed by atoms with Gasteiger partial charge in [-0.15, -0.1) is 22.7 Å². The average Bonchev–Trinajstić information content (AvgIpc) is 2.90. The Morgan fingerprint density at radius 1 is 0.842 bits per heavy atom. The summed E-state index contributed by atoms with van der Waals surface area (Å²) >= 11 is 3.58. The fourth-order valence-corrected chi connectivity index (χ4v) is 4.59. The van der Waals surface area contributed by atoms with Crippen LogP contribution in [0.15, 0.2) is 24.3 Å².